The molecule has 0 saturated carbocycles. The number of halogens is 1. The van der Waals surface area contributed by atoms with Crippen molar-refractivity contribution in [3.05, 3.63) is 35.6 Å². The number of nitrogens with one attached hydrogen (secondary N) is 1. The Balaban J connectivity index is 2.04. The van der Waals surface area contributed by atoms with Crippen molar-refractivity contribution < 1.29 is 19.1 Å². The molecule has 6 heteroatoms. The van der Waals surface area contributed by atoms with Crippen molar-refractivity contribution in [2.24, 2.45) is 0 Å². The number of hydrogen-bond donors (Lipinski definition) is 2. The van der Waals surface area contributed by atoms with Gasteiger partial charge in [0.2, 0.25) is 11.8 Å². The number of rotatable bonds is 4. The van der Waals surface area contributed by atoms with Gasteiger partial charge in [0.15, 0.2) is 0 Å². The van der Waals surface area contributed by atoms with E-state index in [-0.39, 0.29) is 18.2 Å². The van der Waals surface area contributed by atoms with Crippen molar-refractivity contribution in [1.82, 2.24) is 10.2 Å². The molecule has 1 aliphatic heterocycles. The molecule has 114 valence electrons. The van der Waals surface area contributed by atoms with E-state index in [1.165, 1.54) is 23.1 Å². The number of aliphatic hydroxyl groups is 1. The van der Waals surface area contributed by atoms with Gasteiger partial charge in [0, 0.05) is 13.1 Å². The average molecular weight is 294 g/mol. The monoisotopic (exact) mass is 294 g/mol. The van der Waals surface area contributed by atoms with E-state index in [2.05, 4.69) is 5.32 Å². The molecule has 1 aromatic rings. The summed E-state index contributed by atoms with van der Waals surface area (Å²) in [5.41, 5.74) is 0.359. The van der Waals surface area contributed by atoms with Gasteiger partial charge in [-0.05, 0) is 24.1 Å². The Bertz CT molecular complexity index is 535. The highest BCUT2D eigenvalue weighted by Gasteiger charge is 2.32. The fraction of sp³-hybridized carbons (Fsp3) is 0.467. The highest BCUT2D eigenvalue weighted by atomic mass is 19.1. The second-order valence-corrected chi connectivity index (χ2v) is 5.08. The van der Waals surface area contributed by atoms with E-state index in [0.717, 1.165) is 0 Å². The number of aliphatic hydroxyl groups excluding tert-OH is 1. The lowest BCUT2D eigenvalue weighted by Gasteiger charge is -2.35. The summed E-state index contributed by atoms with van der Waals surface area (Å²) in [7, 11) is 0. The van der Waals surface area contributed by atoms with E-state index in [9.17, 15) is 19.1 Å². The van der Waals surface area contributed by atoms with Gasteiger partial charge in [0.25, 0.3) is 0 Å². The summed E-state index contributed by atoms with van der Waals surface area (Å²) < 4.78 is 13.1. The molecule has 2 rings (SSSR count). The van der Waals surface area contributed by atoms with Gasteiger partial charge in [-0.3, -0.25) is 9.59 Å². The fourth-order valence-corrected chi connectivity index (χ4v) is 2.53. The zero-order valence-corrected chi connectivity index (χ0v) is 11.9. The van der Waals surface area contributed by atoms with Crippen LogP contribution in [0.4, 0.5) is 4.39 Å². The predicted molar refractivity (Wildman–Crippen MR) is 74.8 cm³/mol. The lowest BCUT2D eigenvalue weighted by molar-refractivity contribution is -0.144. The molecule has 1 saturated heterocycles. The minimum absolute atomic E-state index is 0.159. The van der Waals surface area contributed by atoms with Crippen molar-refractivity contribution >= 4 is 11.8 Å². The van der Waals surface area contributed by atoms with Gasteiger partial charge >= 0.3 is 0 Å². The van der Waals surface area contributed by atoms with E-state index < -0.39 is 18.0 Å². The van der Waals surface area contributed by atoms with E-state index in [1.54, 1.807) is 6.07 Å². The first-order chi connectivity index (χ1) is 10.0. The van der Waals surface area contributed by atoms with Crippen LogP contribution >= 0.6 is 0 Å². The number of hydrogen-bond acceptors (Lipinski definition) is 3. The molecule has 2 N–H and O–H groups in total. The van der Waals surface area contributed by atoms with Crippen LogP contribution in [0.1, 0.15) is 31.4 Å². The summed E-state index contributed by atoms with van der Waals surface area (Å²) in [5.74, 6) is -0.923. The van der Waals surface area contributed by atoms with Crippen LogP contribution < -0.4 is 5.32 Å². The maximum atomic E-state index is 13.1. The molecule has 1 aliphatic rings. The van der Waals surface area contributed by atoms with Gasteiger partial charge in [-0.1, -0.05) is 19.1 Å². The van der Waals surface area contributed by atoms with Crippen molar-refractivity contribution in [2.75, 3.05) is 13.1 Å². The van der Waals surface area contributed by atoms with Gasteiger partial charge < -0.3 is 15.3 Å². The van der Waals surface area contributed by atoms with Crippen LogP contribution in [0.2, 0.25) is 0 Å². The van der Waals surface area contributed by atoms with Crippen LogP contribution in [0.5, 0.6) is 0 Å². The molecule has 0 aliphatic carbocycles. The van der Waals surface area contributed by atoms with Crippen LogP contribution in [0.3, 0.4) is 0 Å². The molecule has 0 radical (unpaired) electrons. The first-order valence-corrected chi connectivity index (χ1v) is 7.03. The molecule has 21 heavy (non-hydrogen) atoms. The van der Waals surface area contributed by atoms with E-state index >= 15 is 0 Å². The van der Waals surface area contributed by atoms with Crippen LogP contribution in [-0.4, -0.2) is 41.0 Å². The van der Waals surface area contributed by atoms with Crippen LogP contribution in [-0.2, 0) is 9.59 Å². The largest absolute Gasteiger partial charge is 0.388 e. The number of piperazine rings is 1. The molecular formula is C15H19FN2O3. The molecule has 1 heterocycles. The molecule has 2 amide bonds. The van der Waals surface area contributed by atoms with Gasteiger partial charge in [0.05, 0.1) is 12.5 Å². The standard InChI is InChI=1S/C15H19FN2O3/c1-2-12-15(21)17-6-7-18(12)14(20)9-13(19)10-4-3-5-11(16)8-10/h3-5,8,12-13,19H,2,6-7,9H2,1H3,(H,17,21). The predicted octanol–water partition coefficient (Wildman–Crippen LogP) is 0.986. The maximum absolute atomic E-state index is 13.1. The van der Waals surface area contributed by atoms with Crippen molar-refractivity contribution in [1.29, 1.82) is 0 Å². The fourth-order valence-electron chi connectivity index (χ4n) is 2.53. The average Bonchev–Trinajstić information content (AvgIpc) is 2.46. The maximum Gasteiger partial charge on any atom is 0.242 e. The van der Waals surface area contributed by atoms with Gasteiger partial charge in [0.1, 0.15) is 11.9 Å². The number of nitrogens with zero attached hydrogens (tertiary/aromatic N) is 1. The van der Waals surface area contributed by atoms with E-state index in [1.807, 2.05) is 6.92 Å². The van der Waals surface area contributed by atoms with E-state index in [4.69, 9.17) is 0 Å². The molecule has 0 bridgehead atoms. The number of carbonyl (C=O) groups is 2. The summed E-state index contributed by atoms with van der Waals surface area (Å²) in [6.45, 7) is 2.68. The zero-order valence-electron chi connectivity index (χ0n) is 11.9. The van der Waals surface area contributed by atoms with E-state index in [0.29, 0.717) is 25.1 Å². The highest BCUT2D eigenvalue weighted by molar-refractivity contribution is 5.88. The molecule has 1 fully saturated rings. The Morgan fingerprint density at radius 1 is 1.57 bits per heavy atom. The summed E-state index contributed by atoms with van der Waals surface area (Å²) >= 11 is 0. The summed E-state index contributed by atoms with van der Waals surface area (Å²) in [6, 6.07) is 5.05. The topological polar surface area (TPSA) is 69.6 Å². The lowest BCUT2D eigenvalue weighted by atomic mass is 10.0. The van der Waals surface area contributed by atoms with Crippen LogP contribution in [0.15, 0.2) is 24.3 Å². The summed E-state index contributed by atoms with van der Waals surface area (Å²) in [4.78, 5) is 25.5. The number of amides is 2. The van der Waals surface area contributed by atoms with Crippen molar-refractivity contribution in [3.8, 4) is 0 Å². The van der Waals surface area contributed by atoms with Crippen molar-refractivity contribution in [3.63, 3.8) is 0 Å². The smallest absolute Gasteiger partial charge is 0.242 e. The second kappa shape index (κ2) is 6.67. The molecule has 0 spiro atoms. The normalized spacial score (nSPS) is 20.0. The third-order valence-corrected chi connectivity index (χ3v) is 3.64. The first-order valence-electron chi connectivity index (χ1n) is 7.03. The Labute approximate surface area is 122 Å². The van der Waals surface area contributed by atoms with Crippen molar-refractivity contribution in [2.45, 2.75) is 31.9 Å². The minimum Gasteiger partial charge on any atom is -0.388 e. The molecule has 2 unspecified atom stereocenters. The van der Waals surface area contributed by atoms with Crippen LogP contribution in [0.25, 0.3) is 0 Å². The lowest BCUT2D eigenvalue weighted by Crippen LogP contribution is -2.57. The zero-order chi connectivity index (χ0) is 15.4. The second-order valence-electron chi connectivity index (χ2n) is 5.08. The van der Waals surface area contributed by atoms with Gasteiger partial charge in [-0.15, -0.1) is 0 Å². The Hall–Kier alpha value is -1.95. The third kappa shape index (κ3) is 3.58. The summed E-state index contributed by atoms with van der Waals surface area (Å²) in [6.07, 6.45) is -0.711. The number of benzene rings is 1. The Kier molecular flexibility index (Phi) is 4.90. The molecule has 0 aromatic heterocycles. The molecule has 5 nitrogen and oxygen atoms in total. The quantitative estimate of drug-likeness (QED) is 0.870. The SMILES string of the molecule is CCC1C(=O)NCCN1C(=O)CC(O)c1cccc(F)c1. The van der Waals surface area contributed by atoms with Gasteiger partial charge in [-0.2, -0.15) is 0 Å². The minimum atomic E-state index is -1.07. The molecule has 1 aromatic carbocycles. The first kappa shape index (κ1) is 15.4. The highest BCUT2D eigenvalue weighted by Crippen LogP contribution is 2.20. The Morgan fingerprint density at radius 3 is 3.00 bits per heavy atom. The Morgan fingerprint density at radius 2 is 2.33 bits per heavy atom. The number of carbonyl (C=O) groups excluding carboxylic acids is 2. The third-order valence-electron chi connectivity index (χ3n) is 3.64. The van der Waals surface area contributed by atoms with Crippen LogP contribution in [0, 0.1) is 5.82 Å². The summed E-state index contributed by atoms with van der Waals surface area (Å²) in [5, 5.41) is 12.8. The molecule has 2 atom stereocenters. The molecular weight excluding hydrogens is 275 g/mol. The van der Waals surface area contributed by atoms with Gasteiger partial charge in [-0.25, -0.2) is 4.39 Å².